The Labute approximate surface area is 159 Å². The van der Waals surface area contributed by atoms with Crippen molar-refractivity contribution in [3.8, 4) is 0 Å². The van der Waals surface area contributed by atoms with E-state index < -0.39 is 19.2 Å². The number of hydrogen-bond donors (Lipinski definition) is 2. The van der Waals surface area contributed by atoms with Gasteiger partial charge in [-0.25, -0.2) is 4.79 Å². The lowest BCUT2D eigenvalue weighted by Crippen LogP contribution is -2.36. The van der Waals surface area contributed by atoms with Crippen molar-refractivity contribution in [3.05, 3.63) is 83.9 Å². The second-order valence-corrected chi connectivity index (χ2v) is 8.18. The Balaban J connectivity index is 1.79. The molecule has 0 aliphatic rings. The van der Waals surface area contributed by atoms with Crippen LogP contribution in [0, 0.1) is 0 Å². The molecule has 2 atom stereocenters. The van der Waals surface area contributed by atoms with Crippen LogP contribution >= 0.6 is 8.03 Å². The Hall–Kier alpha value is -2.55. The van der Waals surface area contributed by atoms with Crippen LogP contribution < -0.4 is 0 Å². The second-order valence-electron chi connectivity index (χ2n) is 6.78. The lowest BCUT2D eigenvalue weighted by atomic mass is 9.91. The first-order chi connectivity index (χ1) is 13.0. The number of fused-ring (bicyclic) bond motifs is 1. The lowest BCUT2D eigenvalue weighted by Gasteiger charge is -2.17. The molecule has 27 heavy (non-hydrogen) atoms. The van der Waals surface area contributed by atoms with Gasteiger partial charge in [-0.05, 0) is 39.3 Å². The summed E-state index contributed by atoms with van der Waals surface area (Å²) in [6, 6.07) is 23.4. The third kappa shape index (κ3) is 4.41. The molecule has 0 radical (unpaired) electrons. The van der Waals surface area contributed by atoms with Crippen LogP contribution in [0.3, 0.4) is 0 Å². The third-order valence-electron chi connectivity index (χ3n) is 5.08. The standard InChI is InChI=1S/C22H21O4P/c23-21(24)22(27(25)26,14-12-17-6-2-1-3-7-17)15-13-18-10-11-19-8-4-5-9-20(19)16-18/h1-11,16H,12-15H2,(H-,23,24,25,26)/p+1. The summed E-state index contributed by atoms with van der Waals surface area (Å²) in [5.74, 6) is -1.21. The van der Waals surface area contributed by atoms with Crippen molar-refractivity contribution < 1.29 is 19.4 Å². The Kier molecular flexibility index (Phi) is 6.00. The Bertz CT molecular complexity index is 939. The zero-order valence-corrected chi connectivity index (χ0v) is 15.8. The minimum absolute atomic E-state index is 0.124. The second kappa shape index (κ2) is 8.43. The highest BCUT2D eigenvalue weighted by Gasteiger charge is 2.55. The van der Waals surface area contributed by atoms with Gasteiger partial charge in [-0.3, -0.25) is 0 Å². The summed E-state index contributed by atoms with van der Waals surface area (Å²) in [5, 5.41) is 10.3. The van der Waals surface area contributed by atoms with Crippen LogP contribution in [0.5, 0.6) is 0 Å². The molecule has 5 heteroatoms. The smallest absolute Gasteiger partial charge is 0.478 e. The molecule has 0 aromatic heterocycles. The Morgan fingerprint density at radius 3 is 2.04 bits per heavy atom. The molecule has 0 bridgehead atoms. The SMILES string of the molecule is O=C(O)C(CCc1ccccc1)(CCc1ccc2ccccc2c1)[P+](=O)O. The number of aliphatic carboxylic acids is 1. The minimum atomic E-state index is -2.86. The van der Waals surface area contributed by atoms with Crippen LogP contribution in [0.15, 0.2) is 72.8 Å². The fourth-order valence-electron chi connectivity index (χ4n) is 3.35. The van der Waals surface area contributed by atoms with Crippen molar-refractivity contribution in [1.29, 1.82) is 0 Å². The van der Waals surface area contributed by atoms with E-state index >= 15 is 0 Å². The van der Waals surface area contributed by atoms with E-state index in [2.05, 4.69) is 0 Å². The molecule has 0 saturated heterocycles. The zero-order chi connectivity index (χ0) is 19.3. The van der Waals surface area contributed by atoms with Crippen LogP contribution in [0.2, 0.25) is 0 Å². The molecule has 0 aliphatic heterocycles. The molecule has 0 fully saturated rings. The number of carbonyl (C=O) groups is 1. The number of carboxylic acid groups (broad SMARTS) is 1. The number of hydrogen-bond acceptors (Lipinski definition) is 2. The molecule has 0 spiro atoms. The van der Waals surface area contributed by atoms with E-state index in [4.69, 9.17) is 0 Å². The van der Waals surface area contributed by atoms with Gasteiger partial charge in [0.2, 0.25) is 0 Å². The van der Waals surface area contributed by atoms with Crippen molar-refractivity contribution in [2.24, 2.45) is 0 Å². The molecule has 2 N–H and O–H groups in total. The van der Waals surface area contributed by atoms with Gasteiger partial charge in [0.25, 0.3) is 5.16 Å². The van der Waals surface area contributed by atoms with Gasteiger partial charge in [-0.2, -0.15) is 4.89 Å². The molecule has 138 valence electrons. The molecular weight excluding hydrogens is 359 g/mol. The minimum Gasteiger partial charge on any atom is -0.478 e. The van der Waals surface area contributed by atoms with Crippen LogP contribution in [0.25, 0.3) is 10.8 Å². The summed E-state index contributed by atoms with van der Waals surface area (Å²) in [4.78, 5) is 21.9. The van der Waals surface area contributed by atoms with E-state index in [1.54, 1.807) is 0 Å². The highest BCUT2D eigenvalue weighted by atomic mass is 31.1. The quantitative estimate of drug-likeness (QED) is 0.541. The van der Waals surface area contributed by atoms with E-state index in [0.717, 1.165) is 21.9 Å². The number of aryl methyl sites for hydroxylation is 2. The zero-order valence-electron chi connectivity index (χ0n) is 14.9. The van der Waals surface area contributed by atoms with Gasteiger partial charge in [0.05, 0.1) is 0 Å². The van der Waals surface area contributed by atoms with Crippen molar-refractivity contribution in [2.45, 2.75) is 30.8 Å². The molecule has 2 unspecified atom stereocenters. The first kappa shape index (κ1) is 19.2. The van der Waals surface area contributed by atoms with Crippen molar-refractivity contribution in [2.75, 3.05) is 0 Å². The van der Waals surface area contributed by atoms with Crippen LogP contribution in [-0.2, 0) is 22.2 Å². The van der Waals surface area contributed by atoms with Crippen LogP contribution in [0.4, 0.5) is 0 Å². The van der Waals surface area contributed by atoms with E-state index in [0.29, 0.717) is 12.8 Å². The van der Waals surface area contributed by atoms with E-state index in [1.165, 1.54) is 0 Å². The Morgan fingerprint density at radius 2 is 1.41 bits per heavy atom. The third-order valence-corrected chi connectivity index (χ3v) is 6.45. The number of rotatable bonds is 8. The molecular formula is C22H22O4P+. The number of carboxylic acids is 1. The van der Waals surface area contributed by atoms with Gasteiger partial charge in [0.1, 0.15) is 0 Å². The van der Waals surface area contributed by atoms with E-state index in [1.807, 2.05) is 72.8 Å². The van der Waals surface area contributed by atoms with Gasteiger partial charge in [-0.15, -0.1) is 0 Å². The maximum absolute atomic E-state index is 12.1. The van der Waals surface area contributed by atoms with Gasteiger partial charge < -0.3 is 5.11 Å². The molecule has 3 rings (SSSR count). The maximum atomic E-state index is 12.1. The monoisotopic (exact) mass is 381 g/mol. The summed E-state index contributed by atoms with van der Waals surface area (Å²) in [5.41, 5.74) is 1.93. The summed E-state index contributed by atoms with van der Waals surface area (Å²) in [6.07, 6.45) is 1.14. The Morgan fingerprint density at radius 1 is 0.815 bits per heavy atom. The first-order valence-electron chi connectivity index (χ1n) is 8.92. The number of benzene rings is 3. The average molecular weight is 381 g/mol. The molecule has 3 aromatic carbocycles. The van der Waals surface area contributed by atoms with Crippen molar-refractivity contribution in [1.82, 2.24) is 0 Å². The predicted molar refractivity (Wildman–Crippen MR) is 107 cm³/mol. The van der Waals surface area contributed by atoms with E-state index in [9.17, 15) is 19.4 Å². The summed E-state index contributed by atoms with van der Waals surface area (Å²) in [7, 11) is -2.86. The molecule has 4 nitrogen and oxygen atoms in total. The largest absolute Gasteiger partial charge is 0.523 e. The predicted octanol–water partition coefficient (Wildman–Crippen LogP) is 4.96. The molecule has 0 saturated carbocycles. The fraction of sp³-hybridized carbons (Fsp3) is 0.227. The van der Waals surface area contributed by atoms with Gasteiger partial charge >= 0.3 is 14.0 Å². The van der Waals surface area contributed by atoms with Gasteiger partial charge in [0.15, 0.2) is 0 Å². The molecule has 3 aromatic rings. The summed E-state index contributed by atoms with van der Waals surface area (Å²) >= 11 is 0. The van der Waals surface area contributed by atoms with Gasteiger partial charge in [-0.1, -0.05) is 72.8 Å². The summed E-state index contributed by atoms with van der Waals surface area (Å²) in [6.45, 7) is 0. The average Bonchev–Trinajstić information content (AvgIpc) is 2.68. The van der Waals surface area contributed by atoms with Crippen LogP contribution in [-0.4, -0.2) is 21.1 Å². The van der Waals surface area contributed by atoms with Crippen molar-refractivity contribution in [3.63, 3.8) is 0 Å². The van der Waals surface area contributed by atoms with E-state index in [-0.39, 0.29) is 12.8 Å². The molecule has 0 heterocycles. The summed E-state index contributed by atoms with van der Waals surface area (Å²) < 4.78 is 12.1. The molecule has 0 amide bonds. The maximum Gasteiger partial charge on any atom is 0.523 e. The molecule has 0 aliphatic carbocycles. The highest BCUT2D eigenvalue weighted by molar-refractivity contribution is 7.41. The normalized spacial score (nSPS) is 13.9. The van der Waals surface area contributed by atoms with Gasteiger partial charge in [0, 0.05) is 12.8 Å². The first-order valence-corrected chi connectivity index (χ1v) is 10.1. The highest BCUT2D eigenvalue weighted by Crippen LogP contribution is 2.43. The topological polar surface area (TPSA) is 74.6 Å². The lowest BCUT2D eigenvalue weighted by molar-refractivity contribution is -0.140. The fourth-order valence-corrected chi connectivity index (χ4v) is 4.12. The van der Waals surface area contributed by atoms with Crippen LogP contribution in [0.1, 0.15) is 24.0 Å². The van der Waals surface area contributed by atoms with Crippen molar-refractivity contribution >= 4 is 24.8 Å².